The highest BCUT2D eigenvalue weighted by Crippen LogP contribution is 2.22. The topological polar surface area (TPSA) is 18.5 Å². The first-order valence-corrected chi connectivity index (χ1v) is 7.91. The molecule has 0 N–H and O–H groups in total. The van der Waals surface area contributed by atoms with Gasteiger partial charge in [-0.1, -0.05) is 0 Å². The second kappa shape index (κ2) is 3.69. The van der Waals surface area contributed by atoms with Crippen LogP contribution < -0.4 is 0 Å². The summed E-state index contributed by atoms with van der Waals surface area (Å²) in [6, 6.07) is 0. The third-order valence-corrected chi connectivity index (χ3v) is 2.21. The number of hydrogen-bond acceptors (Lipinski definition) is 2. The average Bonchev–Trinajstić information content (AvgIpc) is 1.85. The highest BCUT2D eigenvalue weighted by molar-refractivity contribution is 7.41. The highest BCUT2D eigenvalue weighted by atomic mass is 35.7. The maximum atomic E-state index is 5.73. The molecule has 1 aliphatic rings. The molecule has 0 bridgehead atoms. The molecule has 0 aromatic heterocycles. The van der Waals surface area contributed by atoms with E-state index in [0.29, 0.717) is 12.6 Å². The van der Waals surface area contributed by atoms with Gasteiger partial charge in [0, 0.05) is 0 Å². The summed E-state index contributed by atoms with van der Waals surface area (Å²) in [6.07, 6.45) is 3.89. The first-order valence-electron chi connectivity index (χ1n) is 3.48. The van der Waals surface area contributed by atoms with E-state index in [0.717, 1.165) is 12.8 Å². The van der Waals surface area contributed by atoms with Gasteiger partial charge >= 0.3 is 6.94 Å². The van der Waals surface area contributed by atoms with E-state index in [-0.39, 0.29) is 0 Å². The van der Waals surface area contributed by atoms with Gasteiger partial charge in [0.15, 0.2) is 0 Å². The first-order chi connectivity index (χ1) is 5.08. The van der Waals surface area contributed by atoms with E-state index in [4.69, 9.17) is 31.3 Å². The number of allylic oxidation sites excluding steroid dienone is 1. The molecule has 0 saturated heterocycles. The lowest BCUT2D eigenvalue weighted by Crippen LogP contribution is -2.21. The van der Waals surface area contributed by atoms with Crippen LogP contribution in [0, 0.1) is 0 Å². The molecular formula is C6H10Cl2O2Si. The average molecular weight is 213 g/mol. The van der Waals surface area contributed by atoms with Crippen LogP contribution in [-0.2, 0) is 9.16 Å². The monoisotopic (exact) mass is 212 g/mol. The van der Waals surface area contributed by atoms with E-state index in [1.54, 1.807) is 6.55 Å². The van der Waals surface area contributed by atoms with Gasteiger partial charge in [-0.15, -0.1) is 22.2 Å². The Balaban J connectivity index is 2.42. The molecule has 5 heteroatoms. The van der Waals surface area contributed by atoms with Crippen LogP contribution in [0.3, 0.4) is 0 Å². The van der Waals surface area contributed by atoms with Crippen LogP contribution in [0.25, 0.3) is 0 Å². The molecule has 0 aliphatic carbocycles. The molecule has 0 saturated carbocycles. The summed E-state index contributed by atoms with van der Waals surface area (Å²) >= 11 is 11.5. The van der Waals surface area contributed by atoms with Crippen molar-refractivity contribution >= 4 is 29.1 Å². The standard InChI is InChI=1S/C6H10Cl2O2Si/c1-11(7,8)10-6-4-2-3-5-9-6/h4H,2-3,5H2,1H3. The van der Waals surface area contributed by atoms with Gasteiger partial charge in [-0.2, -0.15) is 0 Å². The van der Waals surface area contributed by atoms with E-state index in [1.165, 1.54) is 0 Å². The summed E-state index contributed by atoms with van der Waals surface area (Å²) in [5.74, 6) is 0.496. The summed E-state index contributed by atoms with van der Waals surface area (Å²) in [5, 5.41) is 0. The zero-order valence-corrected chi connectivity index (χ0v) is 8.78. The smallest absolute Gasteiger partial charge is 0.448 e. The maximum absolute atomic E-state index is 5.73. The largest absolute Gasteiger partial charge is 0.492 e. The van der Waals surface area contributed by atoms with Crippen molar-refractivity contribution in [1.29, 1.82) is 0 Å². The zero-order valence-electron chi connectivity index (χ0n) is 6.27. The molecule has 0 aromatic rings. The quantitative estimate of drug-likeness (QED) is 0.518. The minimum absolute atomic E-state index is 0.496. The van der Waals surface area contributed by atoms with Crippen molar-refractivity contribution in [2.24, 2.45) is 0 Å². The summed E-state index contributed by atoms with van der Waals surface area (Å²) < 4.78 is 10.3. The summed E-state index contributed by atoms with van der Waals surface area (Å²) in [7, 11) is 0. The number of ether oxygens (including phenoxy) is 1. The molecule has 11 heavy (non-hydrogen) atoms. The molecule has 1 aliphatic heterocycles. The second-order valence-corrected chi connectivity index (χ2v) is 9.15. The molecule has 0 unspecified atom stereocenters. The highest BCUT2D eigenvalue weighted by Gasteiger charge is 2.27. The van der Waals surface area contributed by atoms with Crippen LogP contribution in [0.4, 0.5) is 0 Å². The predicted octanol–water partition coefficient (Wildman–Crippen LogP) is 2.70. The number of hydrogen-bond donors (Lipinski definition) is 0. The Morgan fingerprint density at radius 3 is 2.82 bits per heavy atom. The Morgan fingerprint density at radius 2 is 2.36 bits per heavy atom. The van der Waals surface area contributed by atoms with Crippen LogP contribution >= 0.6 is 22.2 Å². The Bertz CT molecular complexity index is 164. The van der Waals surface area contributed by atoms with Gasteiger partial charge < -0.3 is 9.16 Å². The Hall–Kier alpha value is 0.137. The molecule has 1 rings (SSSR count). The normalized spacial score (nSPS) is 18.6. The van der Waals surface area contributed by atoms with Crippen molar-refractivity contribution in [3.63, 3.8) is 0 Å². The van der Waals surface area contributed by atoms with Crippen LogP contribution in [0.2, 0.25) is 6.55 Å². The lowest BCUT2D eigenvalue weighted by atomic mass is 10.3. The van der Waals surface area contributed by atoms with Gasteiger partial charge in [-0.3, -0.25) is 0 Å². The van der Waals surface area contributed by atoms with Crippen molar-refractivity contribution < 1.29 is 9.16 Å². The SMILES string of the molecule is C[Si](Cl)(Cl)OC1=CCCCO1. The van der Waals surface area contributed by atoms with Crippen LogP contribution in [0.1, 0.15) is 12.8 Å². The fourth-order valence-electron chi connectivity index (χ4n) is 0.783. The minimum Gasteiger partial charge on any atom is -0.492 e. The van der Waals surface area contributed by atoms with Crippen LogP contribution in [0.15, 0.2) is 12.0 Å². The molecular weight excluding hydrogens is 203 g/mol. The molecule has 0 amide bonds. The third kappa shape index (κ3) is 3.89. The number of rotatable bonds is 2. The Kier molecular flexibility index (Phi) is 3.10. The van der Waals surface area contributed by atoms with Gasteiger partial charge in [0.1, 0.15) is 0 Å². The van der Waals surface area contributed by atoms with E-state index < -0.39 is 6.94 Å². The Morgan fingerprint density at radius 1 is 1.64 bits per heavy atom. The summed E-state index contributed by atoms with van der Waals surface area (Å²) in [5.41, 5.74) is 0. The van der Waals surface area contributed by atoms with Crippen molar-refractivity contribution in [2.45, 2.75) is 19.4 Å². The van der Waals surface area contributed by atoms with Gasteiger partial charge in [0.2, 0.25) is 0 Å². The van der Waals surface area contributed by atoms with E-state index >= 15 is 0 Å². The van der Waals surface area contributed by atoms with E-state index in [9.17, 15) is 0 Å². The fourth-order valence-corrected chi connectivity index (χ4v) is 1.73. The molecule has 0 radical (unpaired) electrons. The first kappa shape index (κ1) is 9.23. The predicted molar refractivity (Wildman–Crippen MR) is 47.7 cm³/mol. The summed E-state index contributed by atoms with van der Waals surface area (Å²) in [6.45, 7) is -0.106. The van der Waals surface area contributed by atoms with Crippen molar-refractivity contribution in [2.75, 3.05) is 6.61 Å². The van der Waals surface area contributed by atoms with Crippen LogP contribution in [0.5, 0.6) is 0 Å². The molecule has 0 atom stereocenters. The minimum atomic E-state index is -2.49. The summed E-state index contributed by atoms with van der Waals surface area (Å²) in [4.78, 5) is 0. The van der Waals surface area contributed by atoms with Crippen molar-refractivity contribution in [1.82, 2.24) is 0 Å². The second-order valence-electron chi connectivity index (χ2n) is 2.42. The molecule has 0 aromatic carbocycles. The maximum Gasteiger partial charge on any atom is 0.448 e. The lowest BCUT2D eigenvalue weighted by Gasteiger charge is -2.19. The van der Waals surface area contributed by atoms with Crippen LogP contribution in [-0.4, -0.2) is 13.5 Å². The molecule has 2 nitrogen and oxygen atoms in total. The fraction of sp³-hybridized carbons (Fsp3) is 0.667. The third-order valence-electron chi connectivity index (χ3n) is 1.18. The van der Waals surface area contributed by atoms with Gasteiger partial charge in [-0.25, -0.2) is 0 Å². The Labute approximate surface area is 76.6 Å². The van der Waals surface area contributed by atoms with E-state index in [1.807, 2.05) is 6.08 Å². The zero-order chi connectivity index (χ0) is 8.32. The van der Waals surface area contributed by atoms with Gasteiger partial charge in [0.05, 0.1) is 6.61 Å². The van der Waals surface area contributed by atoms with Gasteiger partial charge in [-0.05, 0) is 25.5 Å². The number of halogens is 2. The van der Waals surface area contributed by atoms with Crippen molar-refractivity contribution in [3.05, 3.63) is 12.0 Å². The molecule has 0 fully saturated rings. The molecule has 64 valence electrons. The van der Waals surface area contributed by atoms with Crippen molar-refractivity contribution in [3.8, 4) is 0 Å². The van der Waals surface area contributed by atoms with Gasteiger partial charge in [0.25, 0.3) is 5.95 Å². The lowest BCUT2D eigenvalue weighted by molar-refractivity contribution is 0.0924. The van der Waals surface area contributed by atoms with E-state index in [2.05, 4.69) is 0 Å². The molecule has 1 heterocycles. The molecule has 0 spiro atoms.